The molecule has 0 heterocycles. The van der Waals surface area contributed by atoms with Crippen molar-refractivity contribution in [3.05, 3.63) is 27.7 Å². The van der Waals surface area contributed by atoms with Gasteiger partial charge in [0.05, 0.1) is 7.11 Å². The van der Waals surface area contributed by atoms with E-state index in [2.05, 4.69) is 40.3 Å². The maximum Gasteiger partial charge on any atom is 0.123 e. The highest BCUT2D eigenvalue weighted by Gasteiger charge is 2.27. The molecule has 0 amide bonds. The van der Waals surface area contributed by atoms with Gasteiger partial charge >= 0.3 is 0 Å². The van der Waals surface area contributed by atoms with Crippen molar-refractivity contribution in [2.75, 3.05) is 14.2 Å². The van der Waals surface area contributed by atoms with Gasteiger partial charge in [0.2, 0.25) is 0 Å². The number of nitrogens with one attached hydrogen (secondary N) is 1. The van der Waals surface area contributed by atoms with Crippen molar-refractivity contribution < 1.29 is 4.74 Å². The van der Waals surface area contributed by atoms with Crippen LogP contribution in [0.5, 0.6) is 5.75 Å². The van der Waals surface area contributed by atoms with E-state index < -0.39 is 0 Å². The van der Waals surface area contributed by atoms with Crippen molar-refractivity contribution in [2.24, 2.45) is 5.92 Å². The molecule has 0 aliphatic heterocycles. The molecule has 3 heteroatoms. The van der Waals surface area contributed by atoms with E-state index in [1.165, 1.54) is 30.4 Å². The molecule has 1 N–H and O–H groups in total. The number of halogens is 1. The first-order valence-corrected chi connectivity index (χ1v) is 6.96. The highest BCUT2D eigenvalue weighted by atomic mass is 79.9. The highest BCUT2D eigenvalue weighted by molar-refractivity contribution is 9.10. The second-order valence-electron chi connectivity index (χ2n) is 4.86. The Bertz CT molecular complexity index is 401. The van der Waals surface area contributed by atoms with Crippen LogP contribution in [0, 0.1) is 12.8 Å². The number of ether oxygens (including phenoxy) is 1. The molecule has 2 nitrogen and oxygen atoms in total. The van der Waals surface area contributed by atoms with Crippen molar-refractivity contribution in [3.8, 4) is 5.75 Å². The molecule has 1 aliphatic rings. The molecular formula is C14H20BrNO. The summed E-state index contributed by atoms with van der Waals surface area (Å²) >= 11 is 3.61. The van der Waals surface area contributed by atoms with E-state index in [4.69, 9.17) is 4.74 Å². The van der Waals surface area contributed by atoms with E-state index in [0.29, 0.717) is 6.04 Å². The van der Waals surface area contributed by atoms with Crippen molar-refractivity contribution >= 4 is 15.9 Å². The van der Waals surface area contributed by atoms with E-state index >= 15 is 0 Å². The Morgan fingerprint density at radius 2 is 2.18 bits per heavy atom. The van der Waals surface area contributed by atoms with Gasteiger partial charge in [-0.1, -0.05) is 28.8 Å². The van der Waals surface area contributed by atoms with Crippen LogP contribution in [0.2, 0.25) is 0 Å². The van der Waals surface area contributed by atoms with Gasteiger partial charge in [-0.2, -0.15) is 0 Å². The van der Waals surface area contributed by atoms with Crippen LogP contribution in [-0.4, -0.2) is 14.2 Å². The van der Waals surface area contributed by atoms with E-state index in [1.54, 1.807) is 7.11 Å². The molecule has 1 saturated carbocycles. The first-order valence-electron chi connectivity index (χ1n) is 6.17. The molecule has 0 aromatic heterocycles. The largest absolute Gasteiger partial charge is 0.496 e. The lowest BCUT2D eigenvalue weighted by atomic mass is 9.99. The normalized spacial score (nSPS) is 16.9. The minimum atomic E-state index is 0.398. The molecule has 0 radical (unpaired) electrons. The Balaban J connectivity index is 2.29. The number of rotatable bonds is 5. The van der Waals surface area contributed by atoms with E-state index in [0.717, 1.165) is 16.1 Å². The summed E-state index contributed by atoms with van der Waals surface area (Å²) in [5.74, 6) is 1.89. The first kappa shape index (κ1) is 12.9. The molecule has 2 rings (SSSR count). The Kier molecular flexibility index (Phi) is 4.10. The molecule has 1 aromatic rings. The van der Waals surface area contributed by atoms with Crippen molar-refractivity contribution in [3.63, 3.8) is 0 Å². The number of methoxy groups -OCH3 is 1. The van der Waals surface area contributed by atoms with Crippen LogP contribution in [-0.2, 0) is 0 Å². The molecule has 0 saturated heterocycles. The predicted molar refractivity (Wildman–Crippen MR) is 74.6 cm³/mol. The zero-order valence-corrected chi connectivity index (χ0v) is 12.3. The molecule has 0 bridgehead atoms. The second kappa shape index (κ2) is 5.40. The number of aryl methyl sites for hydroxylation is 1. The van der Waals surface area contributed by atoms with Crippen LogP contribution in [0.3, 0.4) is 0 Å². The fourth-order valence-corrected chi connectivity index (χ4v) is 2.57. The summed E-state index contributed by atoms with van der Waals surface area (Å²) in [6, 6.07) is 4.70. The Morgan fingerprint density at radius 1 is 1.47 bits per heavy atom. The molecule has 1 atom stereocenters. The second-order valence-corrected chi connectivity index (χ2v) is 5.72. The van der Waals surface area contributed by atoms with Crippen LogP contribution in [0.25, 0.3) is 0 Å². The van der Waals surface area contributed by atoms with Gasteiger partial charge in [-0.05, 0) is 44.0 Å². The average Bonchev–Trinajstić information content (AvgIpc) is 3.13. The lowest BCUT2D eigenvalue weighted by Gasteiger charge is -2.20. The molecule has 1 fully saturated rings. The molecule has 1 aliphatic carbocycles. The predicted octanol–water partition coefficient (Wildman–Crippen LogP) is 3.83. The monoisotopic (exact) mass is 297 g/mol. The van der Waals surface area contributed by atoms with Gasteiger partial charge < -0.3 is 10.1 Å². The maximum absolute atomic E-state index is 5.51. The molecular weight excluding hydrogens is 278 g/mol. The van der Waals surface area contributed by atoms with Gasteiger partial charge in [0, 0.05) is 16.1 Å². The molecule has 1 unspecified atom stereocenters. The van der Waals surface area contributed by atoms with E-state index in [-0.39, 0.29) is 0 Å². The smallest absolute Gasteiger partial charge is 0.123 e. The summed E-state index contributed by atoms with van der Waals surface area (Å²) in [6.45, 7) is 2.09. The zero-order valence-electron chi connectivity index (χ0n) is 10.7. The van der Waals surface area contributed by atoms with Gasteiger partial charge in [0.25, 0.3) is 0 Å². The zero-order chi connectivity index (χ0) is 12.4. The molecule has 94 valence electrons. The number of hydrogen-bond acceptors (Lipinski definition) is 2. The summed E-state index contributed by atoms with van der Waals surface area (Å²) < 4.78 is 6.66. The quantitative estimate of drug-likeness (QED) is 0.892. The summed E-state index contributed by atoms with van der Waals surface area (Å²) in [6.07, 6.45) is 3.98. The number of hydrogen-bond donors (Lipinski definition) is 1. The summed E-state index contributed by atoms with van der Waals surface area (Å²) in [4.78, 5) is 0. The van der Waals surface area contributed by atoms with Gasteiger partial charge in [0.15, 0.2) is 0 Å². The third kappa shape index (κ3) is 3.02. The fraction of sp³-hybridized carbons (Fsp3) is 0.571. The standard InChI is InChI=1S/C14H20BrNO/c1-9-6-14(17-3)11(8-12(9)15)13(16-2)7-10-4-5-10/h6,8,10,13,16H,4-5,7H2,1-3H3. The third-order valence-corrected chi connectivity index (χ3v) is 4.36. The van der Waals surface area contributed by atoms with Crippen LogP contribution in [0.15, 0.2) is 16.6 Å². The molecule has 17 heavy (non-hydrogen) atoms. The van der Waals surface area contributed by atoms with Crippen LogP contribution >= 0.6 is 15.9 Å². The van der Waals surface area contributed by atoms with Crippen molar-refractivity contribution in [1.29, 1.82) is 0 Å². The SMILES string of the molecule is CNC(CC1CC1)c1cc(Br)c(C)cc1OC. The van der Waals surface area contributed by atoms with Crippen molar-refractivity contribution in [1.82, 2.24) is 5.32 Å². The van der Waals surface area contributed by atoms with E-state index in [1.807, 2.05) is 7.05 Å². The molecule has 0 spiro atoms. The lowest BCUT2D eigenvalue weighted by molar-refractivity contribution is 0.395. The van der Waals surface area contributed by atoms with Gasteiger partial charge in [0.1, 0.15) is 5.75 Å². The Hall–Kier alpha value is -0.540. The summed E-state index contributed by atoms with van der Waals surface area (Å²) in [7, 11) is 3.77. The van der Waals surface area contributed by atoms with Gasteiger partial charge in [-0.25, -0.2) is 0 Å². The summed E-state index contributed by atoms with van der Waals surface area (Å²) in [5.41, 5.74) is 2.48. The molecule has 1 aromatic carbocycles. The lowest BCUT2D eigenvalue weighted by Crippen LogP contribution is -2.18. The van der Waals surface area contributed by atoms with Crippen LogP contribution in [0.1, 0.15) is 36.4 Å². The summed E-state index contributed by atoms with van der Waals surface area (Å²) in [5, 5.41) is 3.41. The minimum absolute atomic E-state index is 0.398. The van der Waals surface area contributed by atoms with Crippen molar-refractivity contribution in [2.45, 2.75) is 32.2 Å². The minimum Gasteiger partial charge on any atom is -0.496 e. The first-order chi connectivity index (χ1) is 8.15. The average molecular weight is 298 g/mol. The van der Waals surface area contributed by atoms with Gasteiger partial charge in [-0.3, -0.25) is 0 Å². The number of benzene rings is 1. The van der Waals surface area contributed by atoms with Crippen LogP contribution in [0.4, 0.5) is 0 Å². The Morgan fingerprint density at radius 3 is 2.71 bits per heavy atom. The maximum atomic E-state index is 5.51. The topological polar surface area (TPSA) is 21.3 Å². The van der Waals surface area contributed by atoms with Crippen LogP contribution < -0.4 is 10.1 Å². The van der Waals surface area contributed by atoms with Gasteiger partial charge in [-0.15, -0.1) is 0 Å². The fourth-order valence-electron chi connectivity index (χ4n) is 2.21. The third-order valence-electron chi connectivity index (χ3n) is 3.50. The Labute approximate surface area is 112 Å². The van der Waals surface area contributed by atoms with E-state index in [9.17, 15) is 0 Å². The highest BCUT2D eigenvalue weighted by Crippen LogP contribution is 2.40.